The summed E-state index contributed by atoms with van der Waals surface area (Å²) in [6.45, 7) is 0. The summed E-state index contributed by atoms with van der Waals surface area (Å²) in [6.07, 6.45) is 8.56. The highest BCUT2D eigenvalue weighted by Crippen LogP contribution is 2.29. The fourth-order valence-electron chi connectivity index (χ4n) is 2.35. The standard InChI is InChI=1S/C11H18N6S2/c12-16-8-13-17-10(16)14-15-11(17)19-7-6-18-9-4-2-1-3-5-9/h8-9H,1-7,12H2. The maximum atomic E-state index is 5.66. The molecule has 0 aromatic carbocycles. The lowest BCUT2D eigenvalue weighted by molar-refractivity contribution is 0.516. The topological polar surface area (TPSA) is 74.0 Å². The van der Waals surface area contributed by atoms with Crippen molar-refractivity contribution in [1.29, 1.82) is 0 Å². The number of hydrogen-bond acceptors (Lipinski definition) is 6. The van der Waals surface area contributed by atoms with Crippen LogP contribution in [0.25, 0.3) is 5.78 Å². The van der Waals surface area contributed by atoms with Crippen molar-refractivity contribution in [3.8, 4) is 0 Å². The highest BCUT2D eigenvalue weighted by Gasteiger charge is 2.14. The highest BCUT2D eigenvalue weighted by molar-refractivity contribution is 8.03. The third kappa shape index (κ3) is 3.00. The lowest BCUT2D eigenvalue weighted by atomic mass is 10.0. The van der Waals surface area contributed by atoms with Crippen LogP contribution in [-0.2, 0) is 0 Å². The Bertz CT molecular complexity index is 530. The zero-order valence-electron chi connectivity index (χ0n) is 10.7. The van der Waals surface area contributed by atoms with Gasteiger partial charge in [0, 0.05) is 16.8 Å². The van der Waals surface area contributed by atoms with Gasteiger partial charge in [-0.15, -0.1) is 10.2 Å². The highest BCUT2D eigenvalue weighted by atomic mass is 32.2. The predicted molar refractivity (Wildman–Crippen MR) is 79.0 cm³/mol. The fourth-order valence-corrected chi connectivity index (χ4v) is 4.60. The van der Waals surface area contributed by atoms with E-state index in [9.17, 15) is 0 Å². The number of hydrogen-bond donors (Lipinski definition) is 1. The molecule has 1 fully saturated rings. The van der Waals surface area contributed by atoms with Gasteiger partial charge in [0.25, 0.3) is 5.78 Å². The van der Waals surface area contributed by atoms with Crippen molar-refractivity contribution >= 4 is 29.3 Å². The molecule has 0 saturated heterocycles. The van der Waals surface area contributed by atoms with E-state index >= 15 is 0 Å². The zero-order chi connectivity index (χ0) is 13.1. The summed E-state index contributed by atoms with van der Waals surface area (Å²) in [4.78, 5) is 0. The molecule has 3 rings (SSSR count). The molecule has 0 unspecified atom stereocenters. The molecule has 2 aromatic rings. The predicted octanol–water partition coefficient (Wildman–Crippen LogP) is 1.80. The first-order valence-corrected chi connectivity index (χ1v) is 8.66. The van der Waals surface area contributed by atoms with E-state index in [1.54, 1.807) is 22.6 Å². The minimum atomic E-state index is 0.586. The Morgan fingerprint density at radius 2 is 2.05 bits per heavy atom. The van der Waals surface area contributed by atoms with Crippen molar-refractivity contribution < 1.29 is 0 Å². The molecule has 2 heterocycles. The Labute approximate surface area is 120 Å². The summed E-state index contributed by atoms with van der Waals surface area (Å²) in [7, 11) is 0. The first-order valence-electron chi connectivity index (χ1n) is 6.63. The quantitative estimate of drug-likeness (QED) is 0.515. The van der Waals surface area contributed by atoms with Gasteiger partial charge < -0.3 is 5.84 Å². The van der Waals surface area contributed by atoms with Crippen molar-refractivity contribution in [2.75, 3.05) is 17.3 Å². The first-order chi connectivity index (χ1) is 9.34. The van der Waals surface area contributed by atoms with Gasteiger partial charge in [-0.1, -0.05) is 31.0 Å². The minimum absolute atomic E-state index is 0.586. The number of thioether (sulfide) groups is 2. The van der Waals surface area contributed by atoms with E-state index in [4.69, 9.17) is 5.84 Å². The third-order valence-electron chi connectivity index (χ3n) is 3.34. The van der Waals surface area contributed by atoms with Crippen LogP contribution < -0.4 is 5.84 Å². The number of fused-ring (bicyclic) bond motifs is 1. The zero-order valence-corrected chi connectivity index (χ0v) is 12.4. The molecule has 1 aliphatic rings. The average molecular weight is 298 g/mol. The van der Waals surface area contributed by atoms with E-state index in [0.29, 0.717) is 5.78 Å². The molecule has 19 heavy (non-hydrogen) atoms. The second-order valence-corrected chi connectivity index (χ2v) is 7.18. The van der Waals surface area contributed by atoms with E-state index in [1.807, 2.05) is 0 Å². The molecule has 0 atom stereocenters. The molecule has 8 heteroatoms. The van der Waals surface area contributed by atoms with Gasteiger partial charge in [-0.25, -0.2) is 4.68 Å². The van der Waals surface area contributed by atoms with Crippen LogP contribution in [0.1, 0.15) is 32.1 Å². The first kappa shape index (κ1) is 13.1. The summed E-state index contributed by atoms with van der Waals surface area (Å²) in [5.74, 6) is 8.45. The van der Waals surface area contributed by atoms with Crippen LogP contribution in [0.5, 0.6) is 0 Å². The van der Waals surface area contributed by atoms with Crippen LogP contribution in [0.3, 0.4) is 0 Å². The van der Waals surface area contributed by atoms with E-state index < -0.39 is 0 Å². The maximum absolute atomic E-state index is 5.66. The molecule has 1 saturated carbocycles. The largest absolute Gasteiger partial charge is 0.335 e. The summed E-state index contributed by atoms with van der Waals surface area (Å²) >= 11 is 3.80. The Morgan fingerprint density at radius 3 is 2.89 bits per heavy atom. The number of nitrogens with two attached hydrogens (primary N) is 1. The van der Waals surface area contributed by atoms with Gasteiger partial charge in [-0.2, -0.15) is 21.4 Å². The van der Waals surface area contributed by atoms with E-state index in [2.05, 4.69) is 27.1 Å². The van der Waals surface area contributed by atoms with Crippen LogP contribution in [0.15, 0.2) is 11.5 Å². The van der Waals surface area contributed by atoms with E-state index in [0.717, 1.165) is 21.9 Å². The second-order valence-electron chi connectivity index (χ2n) is 4.71. The van der Waals surface area contributed by atoms with Gasteiger partial charge in [0.2, 0.25) is 5.16 Å². The molecule has 0 aliphatic heterocycles. The van der Waals surface area contributed by atoms with E-state index in [-0.39, 0.29) is 0 Å². The van der Waals surface area contributed by atoms with Crippen LogP contribution >= 0.6 is 23.5 Å². The van der Waals surface area contributed by atoms with Gasteiger partial charge in [0.05, 0.1) is 0 Å². The van der Waals surface area contributed by atoms with Crippen molar-refractivity contribution in [2.24, 2.45) is 0 Å². The van der Waals surface area contributed by atoms with Crippen molar-refractivity contribution in [3.63, 3.8) is 0 Å². The summed E-state index contributed by atoms with van der Waals surface area (Å²) < 4.78 is 3.07. The maximum Gasteiger partial charge on any atom is 0.273 e. The van der Waals surface area contributed by atoms with Crippen LogP contribution in [0, 0.1) is 0 Å². The molecule has 2 aromatic heterocycles. The SMILES string of the molecule is Nn1cnn2c(SCCSC3CCCCC3)nnc12. The third-order valence-corrected chi connectivity index (χ3v) is 5.90. The summed E-state index contributed by atoms with van der Waals surface area (Å²) in [5.41, 5.74) is 0. The molecule has 1 aliphatic carbocycles. The molecule has 6 nitrogen and oxygen atoms in total. The average Bonchev–Trinajstić information content (AvgIpc) is 3.00. The van der Waals surface area contributed by atoms with Crippen LogP contribution in [0.2, 0.25) is 0 Å². The van der Waals surface area contributed by atoms with E-state index in [1.165, 1.54) is 36.8 Å². The Hall–Kier alpha value is -0.890. The second kappa shape index (κ2) is 6.04. The Morgan fingerprint density at radius 1 is 1.21 bits per heavy atom. The molecular weight excluding hydrogens is 280 g/mol. The van der Waals surface area contributed by atoms with Crippen molar-refractivity contribution in [1.82, 2.24) is 24.5 Å². The normalized spacial score (nSPS) is 17.3. The van der Waals surface area contributed by atoms with Gasteiger partial charge in [0.15, 0.2) is 0 Å². The number of aromatic nitrogens is 5. The number of nitrogens with zero attached hydrogens (tertiary/aromatic N) is 5. The lowest BCUT2D eigenvalue weighted by Crippen LogP contribution is -2.09. The van der Waals surface area contributed by atoms with Gasteiger partial charge in [0.1, 0.15) is 6.33 Å². The molecule has 0 radical (unpaired) electrons. The minimum Gasteiger partial charge on any atom is -0.335 e. The van der Waals surface area contributed by atoms with Crippen molar-refractivity contribution in [2.45, 2.75) is 42.5 Å². The molecular formula is C11H18N6S2. The molecule has 0 amide bonds. The summed E-state index contributed by atoms with van der Waals surface area (Å²) in [5, 5.41) is 14.0. The summed E-state index contributed by atoms with van der Waals surface area (Å²) in [6, 6.07) is 0. The van der Waals surface area contributed by atoms with Crippen LogP contribution in [0.4, 0.5) is 0 Å². The molecule has 2 N–H and O–H groups in total. The van der Waals surface area contributed by atoms with Gasteiger partial charge in [-0.05, 0) is 12.8 Å². The smallest absolute Gasteiger partial charge is 0.273 e. The number of rotatable bonds is 5. The molecule has 0 bridgehead atoms. The van der Waals surface area contributed by atoms with Gasteiger partial charge in [-0.3, -0.25) is 0 Å². The number of nitrogen functional groups attached to an aromatic ring is 1. The monoisotopic (exact) mass is 298 g/mol. The lowest BCUT2D eigenvalue weighted by Gasteiger charge is -2.20. The Balaban J connectivity index is 1.46. The molecule has 104 valence electrons. The fraction of sp³-hybridized carbons (Fsp3) is 0.727. The van der Waals surface area contributed by atoms with Crippen LogP contribution in [-0.4, -0.2) is 41.2 Å². The molecule has 0 spiro atoms. The van der Waals surface area contributed by atoms with Gasteiger partial charge >= 0.3 is 0 Å². The van der Waals surface area contributed by atoms with Crippen molar-refractivity contribution in [3.05, 3.63) is 6.33 Å². The Kier molecular flexibility index (Phi) is 4.17.